The molecule has 0 aliphatic carbocycles. The number of aromatic nitrogens is 3. The first-order valence-electron chi connectivity index (χ1n) is 4.53. The molecule has 6 nitrogen and oxygen atoms in total. The number of hydrogen-bond acceptors (Lipinski definition) is 7. The fraction of sp³-hybridized carbons (Fsp3) is 0.111. The van der Waals surface area contributed by atoms with Gasteiger partial charge in [-0.05, 0) is 11.5 Å². The molecule has 0 saturated heterocycles. The van der Waals surface area contributed by atoms with Crippen LogP contribution in [0.3, 0.4) is 0 Å². The minimum Gasteiger partial charge on any atom is -0.320 e. The van der Waals surface area contributed by atoms with Crippen molar-refractivity contribution in [3.63, 3.8) is 0 Å². The molecule has 86 valence electrons. The van der Waals surface area contributed by atoms with Gasteiger partial charge >= 0.3 is 0 Å². The molecule has 0 saturated carbocycles. The fourth-order valence-electron chi connectivity index (χ4n) is 0.953. The molecule has 1 amide bonds. The summed E-state index contributed by atoms with van der Waals surface area (Å²) in [4.78, 5) is 16.4. The smallest absolute Gasteiger partial charge is 0.278 e. The number of anilines is 1. The number of nitrogens with zero attached hydrogens (tertiary/aromatic N) is 3. The molecule has 3 N–H and O–H groups in total. The van der Waals surface area contributed by atoms with Crippen molar-refractivity contribution in [2.75, 3.05) is 11.9 Å². The third kappa shape index (κ3) is 3.07. The minimum absolute atomic E-state index is 0.278. The van der Waals surface area contributed by atoms with Crippen molar-refractivity contribution in [2.24, 2.45) is 5.73 Å². The predicted octanol–water partition coefficient (Wildman–Crippen LogP) is 0.557. The topological polar surface area (TPSA) is 93.8 Å². The van der Waals surface area contributed by atoms with Crippen LogP contribution in [0.4, 0.5) is 5.13 Å². The normalized spacial score (nSPS) is 9.47. The number of carbonyl (C=O) groups is 1. The van der Waals surface area contributed by atoms with Gasteiger partial charge in [0, 0.05) is 5.38 Å². The van der Waals surface area contributed by atoms with Crippen LogP contribution in [-0.2, 0) is 0 Å². The van der Waals surface area contributed by atoms with Gasteiger partial charge in [0.25, 0.3) is 5.91 Å². The van der Waals surface area contributed by atoms with Crippen molar-refractivity contribution in [1.82, 2.24) is 14.6 Å². The van der Waals surface area contributed by atoms with Crippen molar-refractivity contribution in [1.29, 1.82) is 0 Å². The lowest BCUT2D eigenvalue weighted by Crippen LogP contribution is -2.11. The molecule has 2 aromatic heterocycles. The summed E-state index contributed by atoms with van der Waals surface area (Å²) in [5.74, 6) is 5.22. The van der Waals surface area contributed by atoms with E-state index in [-0.39, 0.29) is 11.6 Å². The molecule has 0 aliphatic rings. The van der Waals surface area contributed by atoms with E-state index < -0.39 is 0 Å². The number of hydrogen-bond donors (Lipinski definition) is 2. The molecule has 0 spiro atoms. The highest BCUT2D eigenvalue weighted by molar-refractivity contribution is 7.16. The molecular weight excluding hydrogens is 258 g/mol. The lowest BCUT2D eigenvalue weighted by molar-refractivity contribution is 0.102. The van der Waals surface area contributed by atoms with Crippen LogP contribution in [0.5, 0.6) is 0 Å². The summed E-state index contributed by atoms with van der Waals surface area (Å²) in [5, 5.41) is 8.32. The Labute approximate surface area is 105 Å². The molecule has 0 unspecified atom stereocenters. The van der Waals surface area contributed by atoms with E-state index in [1.165, 1.54) is 11.3 Å². The van der Waals surface area contributed by atoms with Gasteiger partial charge in [0.15, 0.2) is 10.8 Å². The maximum absolute atomic E-state index is 11.6. The van der Waals surface area contributed by atoms with Gasteiger partial charge in [0.1, 0.15) is 0 Å². The van der Waals surface area contributed by atoms with Gasteiger partial charge in [0.05, 0.1) is 17.6 Å². The Balaban J connectivity index is 2.04. The number of rotatable bonds is 2. The molecule has 0 bridgehead atoms. The molecule has 0 aliphatic heterocycles. The van der Waals surface area contributed by atoms with E-state index in [9.17, 15) is 4.79 Å². The highest BCUT2D eigenvalue weighted by Crippen LogP contribution is 2.17. The van der Waals surface area contributed by atoms with Crippen molar-refractivity contribution >= 4 is 33.9 Å². The summed E-state index contributed by atoms with van der Waals surface area (Å²) in [6.45, 7) is 0.296. The quantitative estimate of drug-likeness (QED) is 0.774. The molecule has 0 radical (unpaired) electrons. The van der Waals surface area contributed by atoms with E-state index >= 15 is 0 Å². The number of carbonyl (C=O) groups excluding carboxylic acids is 1. The highest BCUT2D eigenvalue weighted by atomic mass is 32.1. The average Bonchev–Trinajstić information content (AvgIpc) is 2.97. The van der Waals surface area contributed by atoms with E-state index in [1.807, 2.05) is 0 Å². The minimum atomic E-state index is -0.327. The summed E-state index contributed by atoms with van der Waals surface area (Å²) in [7, 11) is 0. The van der Waals surface area contributed by atoms with E-state index in [0.717, 1.165) is 16.4 Å². The van der Waals surface area contributed by atoms with Gasteiger partial charge < -0.3 is 5.73 Å². The lowest BCUT2D eigenvalue weighted by atomic mass is 10.5. The van der Waals surface area contributed by atoms with Crippen LogP contribution in [0.25, 0.3) is 0 Å². The van der Waals surface area contributed by atoms with Crippen molar-refractivity contribution < 1.29 is 4.79 Å². The average molecular weight is 265 g/mol. The zero-order valence-electron chi connectivity index (χ0n) is 8.51. The monoisotopic (exact) mass is 265 g/mol. The molecule has 0 fully saturated rings. The largest absolute Gasteiger partial charge is 0.320 e. The molecule has 17 heavy (non-hydrogen) atoms. The van der Waals surface area contributed by atoms with Gasteiger partial charge in [-0.25, -0.2) is 4.98 Å². The second-order valence-electron chi connectivity index (χ2n) is 2.78. The van der Waals surface area contributed by atoms with Crippen LogP contribution in [0.1, 0.15) is 15.4 Å². The van der Waals surface area contributed by atoms with E-state index in [1.54, 1.807) is 11.6 Å². The van der Waals surface area contributed by atoms with Gasteiger partial charge in [0.2, 0.25) is 0 Å². The van der Waals surface area contributed by atoms with Gasteiger partial charge in [-0.3, -0.25) is 10.1 Å². The maximum atomic E-state index is 11.6. The molecule has 2 aromatic rings. The summed E-state index contributed by atoms with van der Waals surface area (Å²) in [5.41, 5.74) is 5.53. The van der Waals surface area contributed by atoms with Crippen LogP contribution in [0, 0.1) is 11.8 Å². The van der Waals surface area contributed by atoms with Gasteiger partial charge in [-0.1, -0.05) is 27.7 Å². The first-order chi connectivity index (χ1) is 8.29. The highest BCUT2D eigenvalue weighted by Gasteiger charge is 2.10. The van der Waals surface area contributed by atoms with Crippen molar-refractivity contribution in [2.45, 2.75) is 0 Å². The van der Waals surface area contributed by atoms with E-state index in [4.69, 9.17) is 5.73 Å². The zero-order valence-corrected chi connectivity index (χ0v) is 10.1. The van der Waals surface area contributed by atoms with Gasteiger partial charge in [-0.15, -0.1) is 5.10 Å². The Morgan fingerprint density at radius 3 is 3.18 bits per heavy atom. The molecule has 0 atom stereocenters. The van der Waals surface area contributed by atoms with Crippen molar-refractivity contribution in [3.8, 4) is 11.8 Å². The molecule has 2 rings (SSSR count). The van der Waals surface area contributed by atoms with E-state index in [0.29, 0.717) is 11.7 Å². The maximum Gasteiger partial charge on any atom is 0.278 e. The molecule has 0 aromatic carbocycles. The SMILES string of the molecule is NCC#Cc1cnc(NC(=O)c2csnn2)s1. The molecule has 2 heterocycles. The Morgan fingerprint density at radius 2 is 2.47 bits per heavy atom. The fourth-order valence-corrected chi connectivity index (χ4v) is 2.07. The van der Waals surface area contributed by atoms with Crippen LogP contribution < -0.4 is 11.1 Å². The Kier molecular flexibility index (Phi) is 3.77. The first-order valence-corrected chi connectivity index (χ1v) is 6.18. The van der Waals surface area contributed by atoms with Crippen LogP contribution in [0.15, 0.2) is 11.6 Å². The van der Waals surface area contributed by atoms with Crippen LogP contribution >= 0.6 is 22.9 Å². The third-order valence-electron chi connectivity index (χ3n) is 1.63. The first kappa shape index (κ1) is 11.7. The summed E-state index contributed by atoms with van der Waals surface area (Å²) in [6.07, 6.45) is 1.59. The van der Waals surface area contributed by atoms with Crippen molar-refractivity contribution in [3.05, 3.63) is 22.1 Å². The summed E-state index contributed by atoms with van der Waals surface area (Å²) >= 11 is 2.40. The summed E-state index contributed by atoms with van der Waals surface area (Å²) in [6, 6.07) is 0. The van der Waals surface area contributed by atoms with Crippen LogP contribution in [0.2, 0.25) is 0 Å². The van der Waals surface area contributed by atoms with Gasteiger partial charge in [-0.2, -0.15) is 0 Å². The second-order valence-corrected chi connectivity index (χ2v) is 4.42. The molecule has 8 heteroatoms. The second kappa shape index (κ2) is 5.49. The summed E-state index contributed by atoms with van der Waals surface area (Å²) < 4.78 is 3.61. The number of nitrogens with one attached hydrogen (secondary N) is 1. The number of nitrogens with two attached hydrogens (primary N) is 1. The van der Waals surface area contributed by atoms with Crippen LogP contribution in [-0.4, -0.2) is 27.0 Å². The number of thiazole rings is 1. The third-order valence-corrected chi connectivity index (χ3v) is 2.97. The number of amides is 1. The Morgan fingerprint density at radius 1 is 1.59 bits per heavy atom. The Hall–Kier alpha value is -1.82. The standard InChI is InChI=1S/C9H7N5OS2/c10-3-1-2-6-4-11-9(17-6)12-8(15)7-5-16-14-13-7/h4-5H,3,10H2,(H,11,12,15). The van der Waals surface area contributed by atoms with E-state index in [2.05, 4.69) is 31.7 Å². The zero-order chi connectivity index (χ0) is 12.1. The predicted molar refractivity (Wildman–Crippen MR) is 65.9 cm³/mol. The Bertz CT molecular complexity index is 566. The molecular formula is C9H7N5OS2. The lowest BCUT2D eigenvalue weighted by Gasteiger charge is -1.95.